The van der Waals surface area contributed by atoms with Crippen molar-refractivity contribution >= 4 is 0 Å². The highest BCUT2D eigenvalue weighted by Gasteiger charge is 2.36. The monoisotopic (exact) mass is 287 g/mol. The first kappa shape index (κ1) is 15.0. The van der Waals surface area contributed by atoms with E-state index < -0.39 is 0 Å². The molecule has 21 heavy (non-hydrogen) atoms. The van der Waals surface area contributed by atoms with Crippen LogP contribution in [-0.2, 0) is 12.8 Å². The number of nitrogens with zero attached hydrogens (tertiary/aromatic N) is 2. The summed E-state index contributed by atoms with van der Waals surface area (Å²) in [6.07, 6.45) is 2.27. The second-order valence-electron chi connectivity index (χ2n) is 6.44. The summed E-state index contributed by atoms with van der Waals surface area (Å²) in [6, 6.07) is 10.5. The third-order valence-electron chi connectivity index (χ3n) is 5.14. The van der Waals surface area contributed by atoms with Gasteiger partial charge < -0.3 is 5.32 Å². The Balaban J connectivity index is 1.68. The van der Waals surface area contributed by atoms with Crippen LogP contribution >= 0.6 is 0 Å². The van der Waals surface area contributed by atoms with Crippen LogP contribution in [0.5, 0.6) is 0 Å². The fraction of sp³-hybridized carbons (Fsp3) is 0.667. The Kier molecular flexibility index (Phi) is 4.94. The first-order valence-electron chi connectivity index (χ1n) is 8.57. The van der Waals surface area contributed by atoms with E-state index in [1.54, 1.807) is 0 Å². The van der Waals surface area contributed by atoms with Gasteiger partial charge in [0.1, 0.15) is 0 Å². The Bertz CT molecular complexity index is 434. The molecule has 0 radical (unpaired) electrons. The lowest BCUT2D eigenvalue weighted by atomic mass is 9.94. The summed E-state index contributed by atoms with van der Waals surface area (Å²) in [5, 5.41) is 3.75. The molecule has 0 spiro atoms. The fourth-order valence-corrected chi connectivity index (χ4v) is 3.81. The maximum atomic E-state index is 3.75. The summed E-state index contributed by atoms with van der Waals surface area (Å²) < 4.78 is 0. The molecule has 2 unspecified atom stereocenters. The van der Waals surface area contributed by atoms with Gasteiger partial charge in [0.2, 0.25) is 0 Å². The van der Waals surface area contributed by atoms with Gasteiger partial charge in [0, 0.05) is 44.8 Å². The molecule has 0 aliphatic carbocycles. The number of benzene rings is 1. The van der Waals surface area contributed by atoms with Gasteiger partial charge in [0.25, 0.3) is 0 Å². The number of piperazine rings is 3. The number of aryl methyl sites for hydroxylation is 1. The molecule has 3 aliphatic heterocycles. The van der Waals surface area contributed by atoms with Gasteiger partial charge in [-0.05, 0) is 30.5 Å². The second kappa shape index (κ2) is 6.91. The van der Waals surface area contributed by atoms with Crippen molar-refractivity contribution in [1.29, 1.82) is 0 Å². The minimum atomic E-state index is 0.575. The van der Waals surface area contributed by atoms with E-state index in [4.69, 9.17) is 0 Å². The van der Waals surface area contributed by atoms with Crippen LogP contribution in [0, 0.1) is 0 Å². The molecular formula is C18H29N3. The number of nitrogens with one attached hydrogen (secondary N) is 1. The molecule has 3 nitrogen and oxygen atoms in total. The molecule has 3 fully saturated rings. The van der Waals surface area contributed by atoms with E-state index >= 15 is 0 Å². The first-order valence-corrected chi connectivity index (χ1v) is 8.57. The summed E-state index contributed by atoms with van der Waals surface area (Å²) in [5.74, 6) is 0. The van der Waals surface area contributed by atoms with Crippen molar-refractivity contribution in [3.05, 3.63) is 35.4 Å². The van der Waals surface area contributed by atoms with Crippen LogP contribution in [-0.4, -0.2) is 61.2 Å². The average molecular weight is 287 g/mol. The Labute approximate surface area is 129 Å². The highest BCUT2D eigenvalue weighted by atomic mass is 15.4. The minimum absolute atomic E-state index is 0.575. The van der Waals surface area contributed by atoms with Crippen LogP contribution in [0.2, 0.25) is 0 Å². The molecule has 0 saturated carbocycles. The van der Waals surface area contributed by atoms with Gasteiger partial charge in [-0.2, -0.15) is 0 Å². The Morgan fingerprint density at radius 3 is 2.24 bits per heavy atom. The topological polar surface area (TPSA) is 18.5 Å². The molecule has 1 aromatic rings. The van der Waals surface area contributed by atoms with Gasteiger partial charge in [0.15, 0.2) is 0 Å². The maximum absolute atomic E-state index is 3.75. The molecule has 4 rings (SSSR count). The van der Waals surface area contributed by atoms with E-state index in [2.05, 4.69) is 53.2 Å². The van der Waals surface area contributed by atoms with Crippen molar-refractivity contribution in [1.82, 2.24) is 15.1 Å². The van der Waals surface area contributed by atoms with E-state index in [1.807, 2.05) is 0 Å². The highest BCUT2D eigenvalue weighted by molar-refractivity contribution is 5.23. The summed E-state index contributed by atoms with van der Waals surface area (Å²) in [4.78, 5) is 5.34. The summed E-state index contributed by atoms with van der Waals surface area (Å²) in [6.45, 7) is 11.8. The van der Waals surface area contributed by atoms with Crippen molar-refractivity contribution in [2.75, 3.05) is 39.3 Å². The standard InChI is InChI=1S/C18H29N3/c1-3-15-5-7-16(8-6-15)13-17(19-4-2)18-14-20-9-11-21(18)12-10-20/h5-8,17-19H,3-4,9-14H2,1-2H3. The zero-order chi connectivity index (χ0) is 14.7. The molecule has 2 atom stereocenters. The normalized spacial score (nSPS) is 29.5. The first-order chi connectivity index (χ1) is 10.3. The quantitative estimate of drug-likeness (QED) is 0.860. The molecule has 3 heterocycles. The predicted molar refractivity (Wildman–Crippen MR) is 88.8 cm³/mol. The lowest BCUT2D eigenvalue weighted by Gasteiger charge is -2.50. The van der Waals surface area contributed by atoms with E-state index in [0.717, 1.165) is 19.4 Å². The summed E-state index contributed by atoms with van der Waals surface area (Å²) in [7, 11) is 0. The van der Waals surface area contributed by atoms with E-state index in [-0.39, 0.29) is 0 Å². The lowest BCUT2D eigenvalue weighted by molar-refractivity contribution is -0.00288. The van der Waals surface area contributed by atoms with Crippen LogP contribution in [0.4, 0.5) is 0 Å². The van der Waals surface area contributed by atoms with Crippen molar-refractivity contribution in [2.24, 2.45) is 0 Å². The van der Waals surface area contributed by atoms with Gasteiger partial charge in [-0.25, -0.2) is 0 Å². The van der Waals surface area contributed by atoms with Crippen LogP contribution < -0.4 is 5.32 Å². The zero-order valence-corrected chi connectivity index (χ0v) is 13.5. The van der Waals surface area contributed by atoms with Crippen LogP contribution in [0.15, 0.2) is 24.3 Å². The van der Waals surface area contributed by atoms with Gasteiger partial charge in [-0.1, -0.05) is 38.1 Å². The fourth-order valence-electron chi connectivity index (χ4n) is 3.81. The lowest BCUT2D eigenvalue weighted by Crippen LogP contribution is -2.66. The largest absolute Gasteiger partial charge is 0.312 e. The van der Waals surface area contributed by atoms with Crippen molar-refractivity contribution in [3.8, 4) is 0 Å². The summed E-state index contributed by atoms with van der Waals surface area (Å²) >= 11 is 0. The van der Waals surface area contributed by atoms with Gasteiger partial charge in [-0.15, -0.1) is 0 Å². The number of hydrogen-bond donors (Lipinski definition) is 1. The summed E-state index contributed by atoms with van der Waals surface area (Å²) in [5.41, 5.74) is 2.90. The predicted octanol–water partition coefficient (Wildman–Crippen LogP) is 1.77. The number of fused-ring (bicyclic) bond motifs is 3. The Morgan fingerprint density at radius 1 is 1.05 bits per heavy atom. The van der Waals surface area contributed by atoms with E-state index in [9.17, 15) is 0 Å². The van der Waals surface area contributed by atoms with Crippen LogP contribution in [0.25, 0.3) is 0 Å². The molecule has 3 heteroatoms. The van der Waals surface area contributed by atoms with Crippen molar-refractivity contribution in [3.63, 3.8) is 0 Å². The molecule has 116 valence electrons. The smallest absolute Gasteiger partial charge is 0.0380 e. The van der Waals surface area contributed by atoms with Gasteiger partial charge in [-0.3, -0.25) is 9.80 Å². The Hall–Kier alpha value is -0.900. The Morgan fingerprint density at radius 2 is 1.71 bits per heavy atom. The number of likely N-dealkylation sites (N-methyl/N-ethyl adjacent to an activating group) is 1. The van der Waals surface area contributed by atoms with Crippen LogP contribution in [0.3, 0.4) is 0 Å². The van der Waals surface area contributed by atoms with Crippen molar-refractivity contribution in [2.45, 2.75) is 38.8 Å². The molecule has 0 amide bonds. The molecule has 3 aliphatic rings. The second-order valence-corrected chi connectivity index (χ2v) is 6.44. The third kappa shape index (κ3) is 3.47. The molecule has 1 N–H and O–H groups in total. The molecule has 3 saturated heterocycles. The number of rotatable bonds is 6. The van der Waals surface area contributed by atoms with E-state index in [1.165, 1.54) is 43.9 Å². The zero-order valence-electron chi connectivity index (χ0n) is 13.5. The van der Waals surface area contributed by atoms with Crippen LogP contribution in [0.1, 0.15) is 25.0 Å². The average Bonchev–Trinajstić information content (AvgIpc) is 2.56. The molecule has 0 aromatic heterocycles. The van der Waals surface area contributed by atoms with Gasteiger partial charge in [0.05, 0.1) is 0 Å². The third-order valence-corrected chi connectivity index (χ3v) is 5.14. The molecule has 1 aromatic carbocycles. The molecular weight excluding hydrogens is 258 g/mol. The highest BCUT2D eigenvalue weighted by Crippen LogP contribution is 2.20. The van der Waals surface area contributed by atoms with Gasteiger partial charge >= 0.3 is 0 Å². The SMILES string of the molecule is CCNC(Cc1ccc(CC)cc1)C1CN2CCN1CC2. The van der Waals surface area contributed by atoms with E-state index in [0.29, 0.717) is 12.1 Å². The van der Waals surface area contributed by atoms with Crippen molar-refractivity contribution < 1.29 is 0 Å². The number of hydrogen-bond acceptors (Lipinski definition) is 3. The molecule has 2 bridgehead atoms. The minimum Gasteiger partial charge on any atom is -0.312 e. The maximum Gasteiger partial charge on any atom is 0.0380 e.